The van der Waals surface area contributed by atoms with E-state index >= 15 is 0 Å². The molecule has 0 amide bonds. The fourth-order valence-electron chi connectivity index (χ4n) is 4.14. The summed E-state index contributed by atoms with van der Waals surface area (Å²) in [6.45, 7) is 2.49. The van der Waals surface area contributed by atoms with Crippen molar-refractivity contribution in [3.63, 3.8) is 0 Å². The SMILES string of the molecule is Cc1c2c(nn1-c1ccc(/C=N/NC(=S)NCc3ccccc3)cc1)-c1ccccc1S(=O)(=O)N2C. The first-order valence-electron chi connectivity index (χ1n) is 11.3. The predicted octanol–water partition coefficient (Wildman–Crippen LogP) is 3.98. The molecule has 36 heavy (non-hydrogen) atoms. The van der Waals surface area contributed by atoms with Gasteiger partial charge < -0.3 is 5.32 Å². The van der Waals surface area contributed by atoms with Crippen molar-refractivity contribution in [2.45, 2.75) is 18.4 Å². The zero-order chi connectivity index (χ0) is 25.3. The minimum Gasteiger partial charge on any atom is -0.357 e. The maximum atomic E-state index is 13.0. The molecular formula is C26H24N6O2S2. The monoisotopic (exact) mass is 516 g/mol. The smallest absolute Gasteiger partial charge is 0.264 e. The van der Waals surface area contributed by atoms with Gasteiger partial charge in [-0.05, 0) is 48.5 Å². The third-order valence-electron chi connectivity index (χ3n) is 5.99. The molecule has 0 radical (unpaired) electrons. The Balaban J connectivity index is 1.31. The van der Waals surface area contributed by atoms with Gasteiger partial charge in [-0.3, -0.25) is 9.73 Å². The summed E-state index contributed by atoms with van der Waals surface area (Å²) in [7, 11) is -2.07. The number of aromatic nitrogens is 2. The van der Waals surface area contributed by atoms with Crippen molar-refractivity contribution >= 4 is 39.3 Å². The molecule has 0 bridgehead atoms. The molecule has 10 heteroatoms. The fourth-order valence-corrected chi connectivity index (χ4v) is 5.72. The molecule has 5 rings (SSSR count). The number of anilines is 1. The molecule has 0 spiro atoms. The Kier molecular flexibility index (Phi) is 6.29. The Hall–Kier alpha value is -4.02. The average Bonchev–Trinajstić information content (AvgIpc) is 3.24. The highest BCUT2D eigenvalue weighted by atomic mass is 32.2. The number of benzene rings is 3. The summed E-state index contributed by atoms with van der Waals surface area (Å²) in [4.78, 5) is 0.264. The molecule has 3 aromatic carbocycles. The fraction of sp³-hybridized carbons (Fsp3) is 0.115. The summed E-state index contributed by atoms with van der Waals surface area (Å²) in [6, 6.07) is 24.6. The van der Waals surface area contributed by atoms with Crippen molar-refractivity contribution in [1.29, 1.82) is 0 Å². The van der Waals surface area contributed by atoms with Gasteiger partial charge in [-0.25, -0.2) is 13.1 Å². The second-order valence-electron chi connectivity index (χ2n) is 8.29. The van der Waals surface area contributed by atoms with Crippen molar-refractivity contribution in [3.05, 3.63) is 95.7 Å². The summed E-state index contributed by atoms with van der Waals surface area (Å²) in [5, 5.41) is 12.5. The summed E-state index contributed by atoms with van der Waals surface area (Å²) in [5.41, 5.74) is 8.22. The van der Waals surface area contributed by atoms with Crippen LogP contribution in [-0.4, -0.2) is 36.6 Å². The Morgan fingerprint density at radius 2 is 1.72 bits per heavy atom. The number of hydrogen-bond donors (Lipinski definition) is 2. The Morgan fingerprint density at radius 3 is 2.47 bits per heavy atom. The van der Waals surface area contributed by atoms with Crippen LogP contribution in [0, 0.1) is 6.92 Å². The second kappa shape index (κ2) is 9.56. The number of fused-ring (bicyclic) bond motifs is 3. The molecule has 0 unspecified atom stereocenters. The molecule has 1 aromatic heterocycles. The molecule has 0 saturated carbocycles. The standard InChI is InChI=1S/C26H24N6O2S2/c1-18-25-24(22-10-6-7-11-23(22)36(33,34)31(25)2)30-32(18)21-14-12-20(13-15-21)17-28-29-26(35)27-16-19-8-4-3-5-9-19/h3-15,17H,16H2,1-2H3,(H2,27,29,35)/b28-17+. The Morgan fingerprint density at radius 1 is 1.03 bits per heavy atom. The lowest BCUT2D eigenvalue weighted by Gasteiger charge is -2.26. The van der Waals surface area contributed by atoms with Crippen LogP contribution in [0.5, 0.6) is 0 Å². The van der Waals surface area contributed by atoms with E-state index in [4.69, 9.17) is 17.3 Å². The molecule has 4 aromatic rings. The van der Waals surface area contributed by atoms with Crippen LogP contribution in [-0.2, 0) is 16.6 Å². The number of hydrogen-bond acceptors (Lipinski definition) is 5. The van der Waals surface area contributed by atoms with Gasteiger partial charge in [-0.1, -0.05) is 60.7 Å². The normalized spacial score (nSPS) is 13.8. The molecule has 0 saturated heterocycles. The van der Waals surface area contributed by atoms with Gasteiger partial charge in [0.1, 0.15) is 11.4 Å². The van der Waals surface area contributed by atoms with Crippen LogP contribution in [0.3, 0.4) is 0 Å². The van der Waals surface area contributed by atoms with Crippen molar-refractivity contribution < 1.29 is 8.42 Å². The number of nitrogens with one attached hydrogen (secondary N) is 2. The summed E-state index contributed by atoms with van der Waals surface area (Å²) in [6.07, 6.45) is 1.68. The maximum absolute atomic E-state index is 13.0. The summed E-state index contributed by atoms with van der Waals surface area (Å²) < 4.78 is 29.1. The van der Waals surface area contributed by atoms with Crippen LogP contribution < -0.4 is 15.0 Å². The molecule has 182 valence electrons. The average molecular weight is 517 g/mol. The number of nitrogens with zero attached hydrogens (tertiary/aromatic N) is 4. The van der Waals surface area contributed by atoms with Gasteiger partial charge in [-0.15, -0.1) is 0 Å². The van der Waals surface area contributed by atoms with Gasteiger partial charge in [0, 0.05) is 19.2 Å². The highest BCUT2D eigenvalue weighted by molar-refractivity contribution is 7.93. The third-order valence-corrected chi connectivity index (χ3v) is 8.04. The van der Waals surface area contributed by atoms with E-state index in [1.165, 1.54) is 4.31 Å². The predicted molar refractivity (Wildman–Crippen MR) is 146 cm³/mol. The van der Waals surface area contributed by atoms with Crippen LogP contribution in [0.2, 0.25) is 0 Å². The molecule has 2 heterocycles. The molecule has 0 aliphatic carbocycles. The molecule has 0 atom stereocenters. The van der Waals surface area contributed by atoms with Crippen LogP contribution in [0.25, 0.3) is 16.9 Å². The number of thiocarbonyl (C=S) groups is 1. The topological polar surface area (TPSA) is 91.6 Å². The number of rotatable bonds is 5. The zero-order valence-corrected chi connectivity index (χ0v) is 21.3. The van der Waals surface area contributed by atoms with Crippen molar-refractivity contribution in [2.24, 2.45) is 5.10 Å². The minimum absolute atomic E-state index is 0.264. The van der Waals surface area contributed by atoms with E-state index < -0.39 is 10.0 Å². The van der Waals surface area contributed by atoms with Crippen LogP contribution >= 0.6 is 12.2 Å². The lowest BCUT2D eigenvalue weighted by Crippen LogP contribution is -2.31. The van der Waals surface area contributed by atoms with E-state index in [-0.39, 0.29) is 4.90 Å². The van der Waals surface area contributed by atoms with Crippen LogP contribution in [0.4, 0.5) is 5.69 Å². The van der Waals surface area contributed by atoms with Gasteiger partial charge in [0.05, 0.1) is 22.5 Å². The molecular weight excluding hydrogens is 492 g/mol. The second-order valence-corrected chi connectivity index (χ2v) is 10.6. The maximum Gasteiger partial charge on any atom is 0.264 e. The van der Waals surface area contributed by atoms with Crippen molar-refractivity contribution in [3.8, 4) is 16.9 Å². The molecule has 1 aliphatic heterocycles. The van der Waals surface area contributed by atoms with E-state index in [0.29, 0.717) is 28.6 Å². The van der Waals surface area contributed by atoms with Crippen LogP contribution in [0.1, 0.15) is 16.8 Å². The third kappa shape index (κ3) is 4.36. The van der Waals surface area contributed by atoms with E-state index in [2.05, 4.69) is 15.8 Å². The van der Waals surface area contributed by atoms with E-state index in [1.807, 2.05) is 67.6 Å². The number of sulfonamides is 1. The Labute approximate surface area is 215 Å². The summed E-state index contributed by atoms with van der Waals surface area (Å²) >= 11 is 5.27. The number of hydrazone groups is 1. The molecule has 1 aliphatic rings. The van der Waals surface area contributed by atoms with Crippen LogP contribution in [0.15, 0.2) is 88.9 Å². The van der Waals surface area contributed by atoms with Crippen molar-refractivity contribution in [2.75, 3.05) is 11.4 Å². The molecule has 2 N–H and O–H groups in total. The first-order valence-corrected chi connectivity index (χ1v) is 13.1. The first-order chi connectivity index (χ1) is 17.4. The van der Waals surface area contributed by atoms with E-state index in [9.17, 15) is 8.42 Å². The van der Waals surface area contributed by atoms with Gasteiger partial charge in [0.2, 0.25) is 0 Å². The van der Waals surface area contributed by atoms with Gasteiger partial charge >= 0.3 is 0 Å². The largest absolute Gasteiger partial charge is 0.357 e. The van der Waals surface area contributed by atoms with E-state index in [1.54, 1.807) is 36.1 Å². The van der Waals surface area contributed by atoms with Gasteiger partial charge in [0.15, 0.2) is 5.11 Å². The highest BCUT2D eigenvalue weighted by Gasteiger charge is 2.36. The lowest BCUT2D eigenvalue weighted by atomic mass is 10.1. The first kappa shape index (κ1) is 23.7. The van der Waals surface area contributed by atoms with Gasteiger partial charge in [-0.2, -0.15) is 10.2 Å². The zero-order valence-electron chi connectivity index (χ0n) is 19.7. The lowest BCUT2D eigenvalue weighted by molar-refractivity contribution is 0.594. The molecule has 0 fully saturated rings. The Bertz CT molecular complexity index is 1560. The van der Waals surface area contributed by atoms with E-state index in [0.717, 1.165) is 22.5 Å². The quantitative estimate of drug-likeness (QED) is 0.237. The summed E-state index contributed by atoms with van der Waals surface area (Å²) in [5.74, 6) is 0. The van der Waals surface area contributed by atoms with Crippen molar-refractivity contribution in [1.82, 2.24) is 20.5 Å². The minimum atomic E-state index is -3.63. The van der Waals surface area contributed by atoms with Gasteiger partial charge in [0.25, 0.3) is 10.0 Å². The highest BCUT2D eigenvalue weighted by Crippen LogP contribution is 2.43. The molecule has 8 nitrogen and oxygen atoms in total.